The van der Waals surface area contributed by atoms with E-state index in [1.807, 2.05) is 53.7 Å². The van der Waals surface area contributed by atoms with Crippen LogP contribution in [0.15, 0.2) is 12.1 Å². The zero-order valence-electron chi connectivity index (χ0n) is 19.1. The largest absolute Gasteiger partial charge is 0.444 e. The van der Waals surface area contributed by atoms with Gasteiger partial charge in [-0.25, -0.2) is 14.6 Å². The number of amides is 2. The van der Waals surface area contributed by atoms with Crippen molar-refractivity contribution in [2.45, 2.75) is 84.7 Å². The van der Waals surface area contributed by atoms with Crippen LogP contribution in [-0.2, 0) is 22.5 Å². The third-order valence-corrected chi connectivity index (χ3v) is 4.98. The summed E-state index contributed by atoms with van der Waals surface area (Å²) in [7, 11) is 0. The van der Waals surface area contributed by atoms with Gasteiger partial charge in [0.2, 0.25) is 0 Å². The molecular formula is C22H34N4O4. The first kappa shape index (κ1) is 22.2. The molecule has 30 heavy (non-hydrogen) atoms. The lowest BCUT2D eigenvalue weighted by molar-refractivity contribution is 0.0191. The molecule has 2 unspecified atom stereocenters. The molecule has 1 saturated heterocycles. The van der Waals surface area contributed by atoms with Crippen LogP contribution in [0.4, 0.5) is 15.4 Å². The average molecular weight is 419 g/mol. The highest BCUT2D eigenvalue weighted by Crippen LogP contribution is 2.35. The Labute approximate surface area is 178 Å². The number of hydrogen-bond acceptors (Lipinski definition) is 6. The van der Waals surface area contributed by atoms with Gasteiger partial charge in [-0.05, 0) is 66.5 Å². The van der Waals surface area contributed by atoms with Crippen molar-refractivity contribution in [3.8, 4) is 0 Å². The smallest absolute Gasteiger partial charge is 0.410 e. The number of fused-ring (bicyclic) bond motifs is 3. The van der Waals surface area contributed by atoms with E-state index in [-0.39, 0.29) is 30.3 Å². The highest BCUT2D eigenvalue weighted by Gasteiger charge is 2.41. The summed E-state index contributed by atoms with van der Waals surface area (Å²) in [6.45, 7) is 14.8. The molecule has 3 rings (SSSR count). The van der Waals surface area contributed by atoms with Crippen molar-refractivity contribution in [3.63, 3.8) is 0 Å². The predicted octanol–water partition coefficient (Wildman–Crippen LogP) is 3.48. The van der Waals surface area contributed by atoms with Crippen molar-refractivity contribution < 1.29 is 19.1 Å². The van der Waals surface area contributed by atoms with E-state index in [1.165, 1.54) is 0 Å². The summed E-state index contributed by atoms with van der Waals surface area (Å²) in [5.74, 6) is 0.925. The quantitative estimate of drug-likeness (QED) is 0.792. The van der Waals surface area contributed by atoms with Gasteiger partial charge < -0.3 is 24.6 Å². The van der Waals surface area contributed by atoms with Crippen LogP contribution in [0, 0.1) is 0 Å². The molecule has 2 aliphatic heterocycles. The minimum atomic E-state index is -0.508. The molecule has 0 aromatic carbocycles. The molecule has 8 nitrogen and oxygen atoms in total. The van der Waals surface area contributed by atoms with Crippen LogP contribution >= 0.6 is 0 Å². The number of ether oxygens (including phenoxy) is 2. The van der Waals surface area contributed by atoms with Crippen molar-refractivity contribution in [3.05, 3.63) is 23.4 Å². The number of pyridine rings is 1. The van der Waals surface area contributed by atoms with Gasteiger partial charge in [0.1, 0.15) is 18.0 Å². The van der Waals surface area contributed by atoms with E-state index >= 15 is 0 Å². The van der Waals surface area contributed by atoms with Gasteiger partial charge in [0.25, 0.3) is 0 Å². The summed E-state index contributed by atoms with van der Waals surface area (Å²) in [5, 5.41) is 2.78. The molecule has 2 amide bonds. The fourth-order valence-electron chi connectivity index (χ4n) is 3.92. The Kier molecular flexibility index (Phi) is 5.89. The van der Waals surface area contributed by atoms with Crippen molar-refractivity contribution in [1.82, 2.24) is 15.2 Å². The van der Waals surface area contributed by atoms with Crippen LogP contribution in [0.3, 0.4) is 0 Å². The molecule has 0 bridgehead atoms. The van der Waals surface area contributed by atoms with E-state index in [2.05, 4.69) is 17.1 Å². The van der Waals surface area contributed by atoms with Crippen molar-refractivity contribution in [1.29, 1.82) is 0 Å². The monoisotopic (exact) mass is 418 g/mol. The number of rotatable bonds is 2. The third kappa shape index (κ3) is 5.34. The number of nitrogens with zero attached hydrogens (tertiary/aromatic N) is 3. The molecule has 1 N–H and O–H groups in total. The summed E-state index contributed by atoms with van der Waals surface area (Å²) in [6, 6.07) is 4.23. The Bertz CT molecular complexity index is 812. The van der Waals surface area contributed by atoms with E-state index in [0.29, 0.717) is 18.8 Å². The number of carbonyl (C=O) groups is 2. The zero-order chi connectivity index (χ0) is 22.3. The number of carbonyl (C=O) groups excluding carboxylic acids is 2. The minimum absolute atomic E-state index is 0.116. The number of piperazine rings is 1. The highest BCUT2D eigenvalue weighted by molar-refractivity contribution is 5.70. The Morgan fingerprint density at radius 1 is 1.17 bits per heavy atom. The molecule has 2 aliphatic rings. The molecule has 0 saturated carbocycles. The lowest BCUT2D eigenvalue weighted by Gasteiger charge is -2.43. The molecule has 2 atom stereocenters. The Hall–Kier alpha value is -2.51. The molecule has 1 aromatic rings. The molecule has 0 radical (unpaired) electrons. The average Bonchev–Trinajstić information content (AvgIpc) is 2.95. The Balaban J connectivity index is 1.66. The van der Waals surface area contributed by atoms with Crippen LogP contribution in [0.2, 0.25) is 0 Å². The molecule has 0 spiro atoms. The first-order valence-electron chi connectivity index (χ1n) is 10.5. The maximum Gasteiger partial charge on any atom is 0.410 e. The Morgan fingerprint density at radius 2 is 1.87 bits per heavy atom. The van der Waals surface area contributed by atoms with E-state index in [9.17, 15) is 9.59 Å². The van der Waals surface area contributed by atoms with E-state index in [0.717, 1.165) is 17.8 Å². The van der Waals surface area contributed by atoms with E-state index < -0.39 is 11.7 Å². The second-order valence-electron chi connectivity index (χ2n) is 10.2. The lowest BCUT2D eigenvalue weighted by atomic mass is 10.1. The fraction of sp³-hybridized carbons (Fsp3) is 0.682. The molecular weight excluding hydrogens is 384 g/mol. The zero-order valence-corrected chi connectivity index (χ0v) is 19.1. The fourth-order valence-corrected chi connectivity index (χ4v) is 3.92. The van der Waals surface area contributed by atoms with E-state index in [4.69, 9.17) is 14.5 Å². The SMILES string of the molecule is CC1CN(C(=O)OC(C)(C)C)CC2Cc3ccc(COC(=O)NC(C)(C)C)nc3N12. The first-order valence-corrected chi connectivity index (χ1v) is 10.5. The van der Waals surface area contributed by atoms with Crippen LogP contribution in [0.25, 0.3) is 0 Å². The van der Waals surface area contributed by atoms with Crippen LogP contribution < -0.4 is 10.2 Å². The molecule has 8 heteroatoms. The molecule has 3 heterocycles. The van der Waals surface area contributed by atoms with Gasteiger partial charge in [-0.15, -0.1) is 0 Å². The van der Waals surface area contributed by atoms with Gasteiger partial charge in [0.05, 0.1) is 11.7 Å². The minimum Gasteiger partial charge on any atom is -0.444 e. The number of hydrogen-bond donors (Lipinski definition) is 1. The summed E-state index contributed by atoms with van der Waals surface area (Å²) in [4.78, 5) is 33.3. The third-order valence-electron chi connectivity index (χ3n) is 4.98. The van der Waals surface area contributed by atoms with Gasteiger partial charge >= 0.3 is 12.2 Å². The summed E-state index contributed by atoms with van der Waals surface area (Å²) in [5.41, 5.74) is 1.01. The number of aromatic nitrogens is 1. The van der Waals surface area contributed by atoms with Gasteiger partial charge in [-0.3, -0.25) is 0 Å². The molecule has 1 fully saturated rings. The van der Waals surface area contributed by atoms with Crippen LogP contribution in [0.1, 0.15) is 59.7 Å². The molecule has 1 aromatic heterocycles. The van der Waals surface area contributed by atoms with Gasteiger partial charge in [0, 0.05) is 24.7 Å². The summed E-state index contributed by atoms with van der Waals surface area (Å²) >= 11 is 0. The molecule has 0 aliphatic carbocycles. The second-order valence-corrected chi connectivity index (χ2v) is 10.2. The maximum atomic E-state index is 12.5. The van der Waals surface area contributed by atoms with E-state index in [1.54, 1.807) is 4.90 Å². The van der Waals surface area contributed by atoms with Crippen LogP contribution in [-0.4, -0.2) is 58.4 Å². The summed E-state index contributed by atoms with van der Waals surface area (Å²) < 4.78 is 10.9. The van der Waals surface area contributed by atoms with Crippen molar-refractivity contribution in [2.75, 3.05) is 18.0 Å². The van der Waals surface area contributed by atoms with Crippen molar-refractivity contribution >= 4 is 18.0 Å². The van der Waals surface area contributed by atoms with Gasteiger partial charge in [-0.2, -0.15) is 0 Å². The predicted molar refractivity (Wildman–Crippen MR) is 115 cm³/mol. The molecule has 166 valence electrons. The van der Waals surface area contributed by atoms with Gasteiger partial charge in [0.15, 0.2) is 0 Å². The standard InChI is InChI=1S/C22H34N4O4/c1-14-11-25(20(28)30-22(5,6)7)12-17-10-15-8-9-16(23-18(15)26(14)17)13-29-19(27)24-21(2,3)4/h8-9,14,17H,10-13H2,1-7H3,(H,24,27). The number of anilines is 1. The number of alkyl carbamates (subject to hydrolysis) is 1. The lowest BCUT2D eigenvalue weighted by Crippen LogP contribution is -2.58. The topological polar surface area (TPSA) is 84.0 Å². The highest BCUT2D eigenvalue weighted by atomic mass is 16.6. The van der Waals surface area contributed by atoms with Crippen molar-refractivity contribution in [2.24, 2.45) is 0 Å². The number of nitrogens with one attached hydrogen (secondary N) is 1. The summed E-state index contributed by atoms with van der Waals surface area (Å²) in [6.07, 6.45) is 0.108. The Morgan fingerprint density at radius 3 is 2.50 bits per heavy atom. The maximum absolute atomic E-state index is 12.5. The van der Waals surface area contributed by atoms with Gasteiger partial charge in [-0.1, -0.05) is 6.07 Å². The first-order chi connectivity index (χ1) is 13.8. The van der Waals surface area contributed by atoms with Crippen LogP contribution in [0.5, 0.6) is 0 Å². The normalized spacial score (nSPS) is 21.0. The second kappa shape index (κ2) is 7.96.